The van der Waals surface area contributed by atoms with Crippen LogP contribution in [0.5, 0.6) is 0 Å². The van der Waals surface area contributed by atoms with E-state index in [2.05, 4.69) is 5.32 Å². The number of thiophene rings is 1. The Balaban J connectivity index is 1.63. The molecule has 1 N–H and O–H groups in total. The van der Waals surface area contributed by atoms with Gasteiger partial charge in [-0.3, -0.25) is 4.79 Å². The Hall–Kier alpha value is -1.33. The first-order valence-corrected chi connectivity index (χ1v) is 10.3. The minimum atomic E-state index is -0.261. The second-order valence-corrected chi connectivity index (χ2v) is 8.41. The highest BCUT2D eigenvalue weighted by atomic mass is 32.2. The number of carbonyl (C=O) groups is 1. The van der Waals surface area contributed by atoms with Crippen LogP contribution in [0.15, 0.2) is 41.8 Å². The number of halogens is 1. The number of hydrogen-bond donors (Lipinski definition) is 1. The third kappa shape index (κ3) is 4.84. The number of nitrogens with one attached hydrogen (secondary N) is 1. The van der Waals surface area contributed by atoms with Gasteiger partial charge in [0.15, 0.2) is 0 Å². The molecule has 1 saturated carbocycles. The molecule has 3 rings (SSSR count). The van der Waals surface area contributed by atoms with Gasteiger partial charge in [0.25, 0.3) is 0 Å². The van der Waals surface area contributed by atoms with E-state index in [4.69, 9.17) is 0 Å². The lowest BCUT2D eigenvalue weighted by Gasteiger charge is -2.22. The Morgan fingerprint density at radius 3 is 2.62 bits per heavy atom. The summed E-state index contributed by atoms with van der Waals surface area (Å²) in [4.78, 5) is 13.5. The molecule has 1 fully saturated rings. The fourth-order valence-corrected chi connectivity index (χ4v) is 5.00. The lowest BCUT2D eigenvalue weighted by Crippen LogP contribution is -2.31. The zero-order valence-corrected chi connectivity index (χ0v) is 15.2. The zero-order chi connectivity index (χ0) is 16.8. The normalized spacial score (nSPS) is 16.7. The molecule has 1 aliphatic rings. The predicted molar refractivity (Wildman–Crippen MR) is 100 cm³/mol. The first-order valence-electron chi connectivity index (χ1n) is 8.42. The van der Waals surface area contributed by atoms with Crippen molar-refractivity contribution in [2.75, 3.05) is 5.75 Å². The number of benzene rings is 1. The highest BCUT2D eigenvalue weighted by molar-refractivity contribution is 8.00. The molecule has 1 atom stereocenters. The molecule has 5 heteroatoms. The second-order valence-electron chi connectivity index (χ2n) is 6.14. The van der Waals surface area contributed by atoms with Crippen molar-refractivity contribution >= 4 is 29.0 Å². The molecule has 1 aromatic heterocycles. The van der Waals surface area contributed by atoms with E-state index in [-0.39, 0.29) is 17.8 Å². The number of rotatable bonds is 6. The van der Waals surface area contributed by atoms with Gasteiger partial charge in [0.2, 0.25) is 5.91 Å². The van der Waals surface area contributed by atoms with E-state index < -0.39 is 0 Å². The highest BCUT2D eigenvalue weighted by Gasteiger charge is 2.20. The van der Waals surface area contributed by atoms with Gasteiger partial charge in [-0.15, -0.1) is 23.1 Å². The first-order chi connectivity index (χ1) is 11.7. The van der Waals surface area contributed by atoms with Gasteiger partial charge in [-0.25, -0.2) is 4.39 Å². The Labute approximate surface area is 150 Å². The summed E-state index contributed by atoms with van der Waals surface area (Å²) in [5.41, 5.74) is 0.912. The van der Waals surface area contributed by atoms with Gasteiger partial charge >= 0.3 is 0 Å². The number of amides is 1. The van der Waals surface area contributed by atoms with Crippen LogP contribution in [0.2, 0.25) is 0 Å². The van der Waals surface area contributed by atoms with Crippen molar-refractivity contribution in [3.63, 3.8) is 0 Å². The summed E-state index contributed by atoms with van der Waals surface area (Å²) >= 11 is 3.38. The summed E-state index contributed by atoms with van der Waals surface area (Å²) in [6, 6.07) is 10.2. The Kier molecular flexibility index (Phi) is 6.32. The van der Waals surface area contributed by atoms with Crippen LogP contribution < -0.4 is 5.32 Å². The maximum Gasteiger partial charge on any atom is 0.230 e. The smallest absolute Gasteiger partial charge is 0.230 e. The van der Waals surface area contributed by atoms with Crippen LogP contribution in [-0.4, -0.2) is 16.9 Å². The van der Waals surface area contributed by atoms with Crippen molar-refractivity contribution in [3.8, 4) is 0 Å². The molecule has 1 amide bonds. The van der Waals surface area contributed by atoms with E-state index in [1.165, 1.54) is 44.2 Å². The monoisotopic (exact) mass is 363 g/mol. The largest absolute Gasteiger partial charge is 0.344 e. The van der Waals surface area contributed by atoms with E-state index >= 15 is 0 Å². The third-order valence-electron chi connectivity index (χ3n) is 4.34. The van der Waals surface area contributed by atoms with Crippen LogP contribution in [0, 0.1) is 5.82 Å². The molecule has 0 unspecified atom stereocenters. The average Bonchev–Trinajstić information content (AvgIpc) is 3.14. The molecule has 1 aromatic carbocycles. The van der Waals surface area contributed by atoms with Gasteiger partial charge in [0, 0.05) is 10.1 Å². The van der Waals surface area contributed by atoms with Crippen molar-refractivity contribution in [1.29, 1.82) is 0 Å². The molecule has 1 aliphatic carbocycles. The predicted octanol–water partition coefficient (Wildman–Crippen LogP) is 5.16. The Bertz CT molecular complexity index is 636. The summed E-state index contributed by atoms with van der Waals surface area (Å²) < 4.78 is 13.2. The standard InChI is InChI=1S/C19H22FNOS2/c20-15-10-8-14(9-11-15)19(17-7-4-12-23-17)21-18(22)13-24-16-5-2-1-3-6-16/h4,7-12,16,19H,1-3,5-6,13H2,(H,21,22)/t19-/m1/s1. The van der Waals surface area contributed by atoms with Gasteiger partial charge < -0.3 is 5.32 Å². The van der Waals surface area contributed by atoms with E-state index in [0.717, 1.165) is 10.4 Å². The quantitative estimate of drug-likeness (QED) is 0.768. The second kappa shape index (κ2) is 8.67. The van der Waals surface area contributed by atoms with E-state index in [9.17, 15) is 9.18 Å². The zero-order valence-electron chi connectivity index (χ0n) is 13.5. The molecule has 0 bridgehead atoms. The summed E-state index contributed by atoms with van der Waals surface area (Å²) in [7, 11) is 0. The molecule has 24 heavy (non-hydrogen) atoms. The van der Waals surface area contributed by atoms with Crippen LogP contribution in [0.3, 0.4) is 0 Å². The van der Waals surface area contributed by atoms with Crippen LogP contribution in [0.1, 0.15) is 48.6 Å². The number of hydrogen-bond acceptors (Lipinski definition) is 3. The molecule has 0 aliphatic heterocycles. The van der Waals surface area contributed by atoms with Crippen molar-refractivity contribution in [2.24, 2.45) is 0 Å². The molecular weight excluding hydrogens is 341 g/mol. The first kappa shape index (κ1) is 17.5. The van der Waals surface area contributed by atoms with E-state index in [1.54, 1.807) is 35.2 Å². The van der Waals surface area contributed by atoms with Crippen molar-refractivity contribution in [2.45, 2.75) is 43.4 Å². The molecule has 2 nitrogen and oxygen atoms in total. The summed E-state index contributed by atoms with van der Waals surface area (Å²) in [6.45, 7) is 0. The Morgan fingerprint density at radius 1 is 1.21 bits per heavy atom. The third-order valence-corrected chi connectivity index (χ3v) is 6.65. The van der Waals surface area contributed by atoms with Crippen LogP contribution in [-0.2, 0) is 4.79 Å². The number of thioether (sulfide) groups is 1. The number of carbonyl (C=O) groups excluding carboxylic acids is 1. The minimum absolute atomic E-state index is 0.0494. The molecule has 0 spiro atoms. The van der Waals surface area contributed by atoms with Crippen LogP contribution in [0.4, 0.5) is 4.39 Å². The fourth-order valence-electron chi connectivity index (χ4n) is 3.06. The summed E-state index contributed by atoms with van der Waals surface area (Å²) in [5.74, 6) is 0.282. The summed E-state index contributed by atoms with van der Waals surface area (Å²) in [5, 5.41) is 5.74. The summed E-state index contributed by atoms with van der Waals surface area (Å²) in [6.07, 6.45) is 6.35. The van der Waals surface area contributed by atoms with E-state index in [1.807, 2.05) is 17.5 Å². The SMILES string of the molecule is O=C(CSC1CCCCC1)N[C@H](c1ccc(F)cc1)c1cccs1. The van der Waals surface area contributed by atoms with Crippen LogP contribution >= 0.6 is 23.1 Å². The molecule has 0 radical (unpaired) electrons. The lowest BCUT2D eigenvalue weighted by atomic mass is 10.0. The van der Waals surface area contributed by atoms with Gasteiger partial charge in [-0.2, -0.15) is 0 Å². The van der Waals surface area contributed by atoms with E-state index in [0.29, 0.717) is 11.0 Å². The van der Waals surface area contributed by atoms with Crippen molar-refractivity contribution < 1.29 is 9.18 Å². The fraction of sp³-hybridized carbons (Fsp3) is 0.421. The minimum Gasteiger partial charge on any atom is -0.344 e. The average molecular weight is 364 g/mol. The van der Waals surface area contributed by atoms with Gasteiger partial charge in [-0.1, -0.05) is 37.5 Å². The van der Waals surface area contributed by atoms with Gasteiger partial charge in [0.05, 0.1) is 11.8 Å². The maximum absolute atomic E-state index is 13.2. The topological polar surface area (TPSA) is 29.1 Å². The van der Waals surface area contributed by atoms with Gasteiger partial charge in [0.1, 0.15) is 5.82 Å². The highest BCUT2D eigenvalue weighted by Crippen LogP contribution is 2.29. The van der Waals surface area contributed by atoms with Crippen molar-refractivity contribution in [3.05, 3.63) is 58.0 Å². The molecule has 2 aromatic rings. The molecular formula is C19H22FNOS2. The lowest BCUT2D eigenvalue weighted by molar-refractivity contribution is -0.119. The Morgan fingerprint density at radius 2 is 1.96 bits per heavy atom. The molecule has 1 heterocycles. The molecule has 128 valence electrons. The van der Waals surface area contributed by atoms with Crippen molar-refractivity contribution in [1.82, 2.24) is 5.32 Å². The molecule has 0 saturated heterocycles. The van der Waals surface area contributed by atoms with Crippen LogP contribution in [0.25, 0.3) is 0 Å². The maximum atomic E-state index is 13.2. The van der Waals surface area contributed by atoms with Gasteiger partial charge in [-0.05, 0) is 42.0 Å².